The number of hydrogen-bond acceptors (Lipinski definition) is 6. The van der Waals surface area contributed by atoms with Crippen LogP contribution in [0.3, 0.4) is 0 Å². The van der Waals surface area contributed by atoms with E-state index < -0.39 is 10.1 Å². The van der Waals surface area contributed by atoms with Crippen molar-refractivity contribution >= 4 is 161 Å². The number of rotatable bonds is 13. The van der Waals surface area contributed by atoms with Crippen molar-refractivity contribution in [2.45, 2.75) is 27.2 Å². The fraction of sp³-hybridized carbons (Fsp3) is 0.0449. The zero-order valence-electron chi connectivity index (χ0n) is 58.2. The minimum atomic E-state index is -2.72. The maximum atomic E-state index is 7.15. The van der Waals surface area contributed by atoms with Gasteiger partial charge in [-0.1, -0.05) is 345 Å². The van der Waals surface area contributed by atoms with Crippen LogP contribution in [0.1, 0.15) is 27.2 Å². The van der Waals surface area contributed by atoms with Gasteiger partial charge in [-0.25, -0.2) is 0 Å². The van der Waals surface area contributed by atoms with E-state index in [-0.39, 0.29) is 26.3 Å². The molecule has 0 spiro atoms. The molecule has 2 aliphatic heterocycles. The minimum Gasteiger partial charge on any atom is -0.455 e. The van der Waals surface area contributed by atoms with E-state index in [1.165, 1.54) is 33.7 Å². The first kappa shape index (κ1) is 83.0. The van der Waals surface area contributed by atoms with Crippen molar-refractivity contribution in [2.24, 2.45) is 0 Å². The molecule has 542 valence electrons. The summed E-state index contributed by atoms with van der Waals surface area (Å²) in [5.41, 5.74) is 17.3. The molecule has 0 N–H and O–H groups in total. The molecule has 0 saturated carbocycles. The molecule has 0 atom stereocenters. The number of benzene rings is 14. The van der Waals surface area contributed by atoms with Gasteiger partial charge in [-0.15, -0.1) is 0 Å². The zero-order chi connectivity index (χ0) is 74.0. The van der Waals surface area contributed by atoms with Gasteiger partial charge < -0.3 is 25.9 Å². The van der Waals surface area contributed by atoms with Crippen LogP contribution in [0.5, 0.6) is 46.0 Å². The van der Waals surface area contributed by atoms with Gasteiger partial charge in [0.05, 0.1) is 11.3 Å². The predicted molar refractivity (Wildman–Crippen MR) is 494 cm³/mol. The third-order valence-corrected chi connectivity index (χ3v) is 43.1. The summed E-state index contributed by atoms with van der Waals surface area (Å²) in [6.07, 6.45) is 2.28. The Morgan fingerprint density at radius 1 is 0.385 bits per heavy atom. The van der Waals surface area contributed by atoms with E-state index in [0.29, 0.717) is 11.5 Å². The molecule has 0 aromatic heterocycles. The molecule has 0 unspecified atom stereocenters. The number of fused-ring (bicyclic) bond motifs is 4. The van der Waals surface area contributed by atoms with Crippen molar-refractivity contribution < 1.29 is 37.8 Å². The molecule has 0 fully saturated rings. The van der Waals surface area contributed by atoms with Crippen LogP contribution < -0.4 is 53.7 Å². The first-order chi connectivity index (χ1) is 52.4. The van der Waals surface area contributed by atoms with Gasteiger partial charge in [0.1, 0.15) is 39.0 Å². The molecule has 2 aliphatic rings. The Bertz CT molecular complexity index is 5580. The van der Waals surface area contributed by atoms with Crippen LogP contribution >= 0.6 is 59.8 Å². The van der Waals surface area contributed by atoms with E-state index in [9.17, 15) is 0 Å². The van der Waals surface area contributed by atoms with Crippen LogP contribution in [0.2, 0.25) is 0 Å². The van der Waals surface area contributed by atoms with Crippen LogP contribution in [0, 0.1) is 6.92 Å². The van der Waals surface area contributed by atoms with Crippen molar-refractivity contribution in [2.75, 3.05) is 0 Å². The van der Waals surface area contributed by atoms with E-state index in [1.807, 2.05) is 121 Å². The van der Waals surface area contributed by atoms with Gasteiger partial charge in [0, 0.05) is 32.9 Å². The topological polar surface area (TPSA) is 36.9 Å². The van der Waals surface area contributed by atoms with Crippen LogP contribution in [-0.4, -0.2) is 0 Å². The summed E-state index contributed by atoms with van der Waals surface area (Å²) in [7, 11) is 10.4. The van der Waals surface area contributed by atoms with Crippen molar-refractivity contribution in [3.8, 4) is 135 Å². The summed E-state index contributed by atoms with van der Waals surface area (Å²) in [6, 6.07) is 114. The van der Waals surface area contributed by atoms with E-state index in [1.54, 1.807) is 35.5 Å². The minimum absolute atomic E-state index is 0. The monoisotopic (exact) mass is 1740 g/mol. The summed E-state index contributed by atoms with van der Waals surface area (Å²) in [5.74, 6) is 6.04. The largest absolute Gasteiger partial charge is 1.00 e. The SMILES string of the molecule is Brc1c(Oc2ccc(-c3ccccc3)cc2)c(-c2ccccc2)cc(-c2ccccc2)c1Oc1ccc(-c2ccccc2)cc1.C.S=P12c3cc(-c4ccccc4)ccc3Oc3c(-c4ccccc4)cc(-c4ccccc4)c(c31)Oc1ccc(-c3ccccc3)cc12.S=S=S=S=S=S=S=S=P(Cl)(Cl)Cl.[CH2-]CCC.[Li+]. The molecular formula is C89H69BrCl3LiO4P2S9. The van der Waals surface area contributed by atoms with Crippen LogP contribution in [0.25, 0.3) is 89.0 Å². The molecule has 14 aromatic rings. The molecule has 0 bridgehead atoms. The van der Waals surface area contributed by atoms with E-state index in [4.69, 9.17) is 64.5 Å². The summed E-state index contributed by atoms with van der Waals surface area (Å²) in [5, 5.41) is 3.09. The Hall–Kier alpha value is -6.93. The van der Waals surface area contributed by atoms with Gasteiger partial charge in [-0.05, 0) is 217 Å². The molecule has 0 aliphatic carbocycles. The van der Waals surface area contributed by atoms with Gasteiger partial charge in [0.25, 0.3) is 0 Å². The molecule has 14 aromatic carbocycles. The van der Waals surface area contributed by atoms with Gasteiger partial charge in [-0.2, -0.15) is 6.42 Å². The molecule has 4 nitrogen and oxygen atoms in total. The quantitative estimate of drug-likeness (QED) is 0.0651. The fourth-order valence-corrected chi connectivity index (χ4v) is 39.6. The van der Waals surface area contributed by atoms with Crippen LogP contribution in [-0.2, 0) is 85.8 Å². The Kier molecular flexibility index (Phi) is 30.8. The second-order valence-electron chi connectivity index (χ2n) is 24.0. The predicted octanol–water partition coefficient (Wildman–Crippen LogP) is 25.2. The van der Waals surface area contributed by atoms with Gasteiger partial charge in [0.15, 0.2) is 11.5 Å². The molecule has 0 saturated heterocycles. The van der Waals surface area contributed by atoms with Crippen molar-refractivity contribution in [3.63, 3.8) is 0 Å². The molecule has 20 heteroatoms. The second-order valence-corrected chi connectivity index (χ2v) is 52.0. The first-order valence-electron chi connectivity index (χ1n) is 33.8. The van der Waals surface area contributed by atoms with Crippen molar-refractivity contribution in [1.82, 2.24) is 0 Å². The summed E-state index contributed by atoms with van der Waals surface area (Å²) < 4.78 is 25.8. The van der Waals surface area contributed by atoms with Gasteiger partial charge >= 0.3 is 18.9 Å². The third-order valence-electron chi connectivity index (χ3n) is 17.2. The third kappa shape index (κ3) is 20.7. The molecular weight excluding hydrogens is 1680 g/mol. The summed E-state index contributed by atoms with van der Waals surface area (Å²) >= 11 is 32.6. The van der Waals surface area contributed by atoms with E-state index in [2.05, 4.69) is 259 Å². The Labute approximate surface area is 704 Å². The molecule has 109 heavy (non-hydrogen) atoms. The van der Waals surface area contributed by atoms with Crippen molar-refractivity contribution in [1.29, 1.82) is 0 Å². The maximum absolute atomic E-state index is 7.15. The zero-order valence-corrected chi connectivity index (χ0v) is 71.2. The fourth-order valence-electron chi connectivity index (χ4n) is 12.2. The summed E-state index contributed by atoms with van der Waals surface area (Å²) in [4.78, 5) is 0. The molecule has 2 heterocycles. The van der Waals surface area contributed by atoms with E-state index >= 15 is 0 Å². The second kappa shape index (κ2) is 40.5. The number of ether oxygens (including phenoxy) is 4. The molecule has 0 amide bonds. The first-order valence-corrected chi connectivity index (χ1v) is 52.2. The standard InChI is InChI=1S/C42H29BrO2.C42H27O2PS.C4H9.CH4.Cl3PS8.Li/c43-40-41(44-36-25-21-32(22-26-36)30-13-5-1-6-14-30)38(34-17-9-3-10-18-34)29-39(35-19-11-4-12-20-35)42(40)45-37-27-23-33(24-28-37)31-15-7-2-8-16-31;46-45-38-25-32(28-13-5-1-6-14-28)21-23-36(38)43-40-34(30-17-9-3-10-18-30)27-35(31-19-11-4-12-20-31)41(42(40)45)44-37-24-22-33(26-39(37)45)29-15-7-2-8-16-29;1-3-4-2;;1-4(2,3)6-8-10-12-11-9-7-5;/h1-29H;1-27H;1,3-4H2,2H3;1H4;;/q;;-1;;;+1. The summed E-state index contributed by atoms with van der Waals surface area (Å²) in [6.45, 7) is 5.72. The van der Waals surface area contributed by atoms with Crippen molar-refractivity contribution in [3.05, 3.63) is 351 Å². The smallest absolute Gasteiger partial charge is 0.455 e. The Balaban J connectivity index is 0.000000178. The molecule has 0 radical (unpaired) electrons. The number of unbranched alkanes of at least 4 members (excludes halogenated alkanes) is 1. The number of halogens is 4. The van der Waals surface area contributed by atoms with Gasteiger partial charge in [-0.3, -0.25) is 0 Å². The average Bonchev–Trinajstić information content (AvgIpc) is 0.687. The maximum Gasteiger partial charge on any atom is 1.00 e. The molecule has 16 rings (SSSR count). The van der Waals surface area contributed by atoms with E-state index in [0.717, 1.165) is 150 Å². The average molecular weight is 1750 g/mol. The van der Waals surface area contributed by atoms with Crippen LogP contribution in [0.4, 0.5) is 0 Å². The Morgan fingerprint density at radius 2 is 0.661 bits per heavy atom. The van der Waals surface area contributed by atoms with Gasteiger partial charge in [0.2, 0.25) is 4.10 Å². The normalized spacial score (nSPS) is 11.4. The number of hydrogen-bond donors (Lipinski definition) is 0. The Morgan fingerprint density at radius 3 is 0.982 bits per heavy atom. The van der Waals surface area contributed by atoms with Crippen LogP contribution in [0.15, 0.2) is 344 Å².